The van der Waals surface area contributed by atoms with E-state index in [2.05, 4.69) is 82.7 Å². The first-order valence-corrected chi connectivity index (χ1v) is 10.4. The van der Waals surface area contributed by atoms with Gasteiger partial charge in [0.1, 0.15) is 5.82 Å². The summed E-state index contributed by atoms with van der Waals surface area (Å²) in [5.41, 5.74) is 3.76. The number of morpholine rings is 1. The fraction of sp³-hybridized carbons (Fsp3) is 0.478. The number of pyridine rings is 1. The van der Waals surface area contributed by atoms with Crippen LogP contribution in [-0.4, -0.2) is 50.3 Å². The number of benzene rings is 1. The first-order valence-electron chi connectivity index (χ1n) is 10.4. The number of guanidine groups is 1. The molecule has 0 bridgehead atoms. The van der Waals surface area contributed by atoms with E-state index in [1.54, 1.807) is 7.05 Å². The average molecular weight is 523 g/mol. The van der Waals surface area contributed by atoms with Gasteiger partial charge < -0.3 is 20.3 Å². The maximum atomic E-state index is 5.60. The molecule has 1 aliphatic heterocycles. The summed E-state index contributed by atoms with van der Waals surface area (Å²) in [5, 5.41) is 6.80. The second-order valence-electron chi connectivity index (χ2n) is 7.77. The van der Waals surface area contributed by atoms with Crippen LogP contribution in [-0.2, 0) is 11.3 Å². The number of aromatic nitrogens is 1. The summed E-state index contributed by atoms with van der Waals surface area (Å²) in [4.78, 5) is 11.2. The lowest BCUT2D eigenvalue weighted by atomic mass is 9.99. The molecule has 2 heterocycles. The average Bonchev–Trinajstić information content (AvgIpc) is 2.74. The molecule has 0 spiro atoms. The summed E-state index contributed by atoms with van der Waals surface area (Å²) in [5.74, 6) is 2.22. The Morgan fingerprint density at radius 2 is 2.13 bits per heavy atom. The zero-order valence-corrected chi connectivity index (χ0v) is 20.7. The van der Waals surface area contributed by atoms with Gasteiger partial charge in [-0.3, -0.25) is 4.99 Å². The SMILES string of the molecule is CN=C(NCc1ccc(N2CCOC(C)C2)nc1)NCC(C)c1cccc(C)c1.I. The van der Waals surface area contributed by atoms with Gasteiger partial charge in [0.15, 0.2) is 5.96 Å². The molecule has 0 amide bonds. The smallest absolute Gasteiger partial charge is 0.191 e. The third-order valence-electron chi connectivity index (χ3n) is 5.24. The number of nitrogens with zero attached hydrogens (tertiary/aromatic N) is 3. The lowest BCUT2D eigenvalue weighted by Gasteiger charge is -2.32. The van der Waals surface area contributed by atoms with Gasteiger partial charge in [-0.05, 0) is 37.0 Å². The largest absolute Gasteiger partial charge is 0.375 e. The van der Waals surface area contributed by atoms with Gasteiger partial charge in [-0.25, -0.2) is 4.98 Å². The van der Waals surface area contributed by atoms with Crippen LogP contribution in [0.2, 0.25) is 0 Å². The first kappa shape index (κ1) is 24.4. The van der Waals surface area contributed by atoms with Crippen LogP contribution in [0, 0.1) is 6.92 Å². The molecule has 3 rings (SSSR count). The van der Waals surface area contributed by atoms with Gasteiger partial charge in [-0.1, -0.05) is 42.8 Å². The predicted octanol–water partition coefficient (Wildman–Crippen LogP) is 3.70. The van der Waals surface area contributed by atoms with E-state index in [4.69, 9.17) is 4.74 Å². The molecular formula is C23H34IN5O. The van der Waals surface area contributed by atoms with Gasteiger partial charge in [-0.15, -0.1) is 24.0 Å². The maximum Gasteiger partial charge on any atom is 0.191 e. The van der Waals surface area contributed by atoms with E-state index in [0.29, 0.717) is 12.5 Å². The van der Waals surface area contributed by atoms with Crippen LogP contribution in [0.15, 0.2) is 47.6 Å². The third kappa shape index (κ3) is 7.12. The number of halogens is 1. The zero-order chi connectivity index (χ0) is 20.6. The molecule has 2 N–H and O–H groups in total. The number of anilines is 1. The van der Waals surface area contributed by atoms with E-state index in [1.165, 1.54) is 11.1 Å². The number of ether oxygens (including phenoxy) is 1. The second kappa shape index (κ2) is 12.1. The number of aliphatic imine (C=N–C) groups is 1. The molecule has 7 heteroatoms. The Bertz CT molecular complexity index is 811. The minimum absolute atomic E-state index is 0. The Morgan fingerprint density at radius 3 is 2.80 bits per heavy atom. The third-order valence-corrected chi connectivity index (χ3v) is 5.24. The summed E-state index contributed by atoms with van der Waals surface area (Å²) in [6, 6.07) is 12.9. The Kier molecular flexibility index (Phi) is 9.84. The van der Waals surface area contributed by atoms with Gasteiger partial charge in [0, 0.05) is 39.4 Å². The van der Waals surface area contributed by atoms with Gasteiger partial charge >= 0.3 is 0 Å². The number of aryl methyl sites for hydroxylation is 1. The predicted molar refractivity (Wildman–Crippen MR) is 135 cm³/mol. The number of nitrogens with one attached hydrogen (secondary N) is 2. The summed E-state index contributed by atoms with van der Waals surface area (Å²) in [7, 11) is 1.80. The van der Waals surface area contributed by atoms with Crippen LogP contribution in [0.25, 0.3) is 0 Å². The van der Waals surface area contributed by atoms with Gasteiger partial charge in [-0.2, -0.15) is 0 Å². The van der Waals surface area contributed by atoms with Crippen LogP contribution in [0.3, 0.4) is 0 Å². The van der Waals surface area contributed by atoms with Crippen molar-refractivity contribution in [1.29, 1.82) is 0 Å². The van der Waals surface area contributed by atoms with E-state index in [-0.39, 0.29) is 30.1 Å². The molecule has 1 saturated heterocycles. The molecular weight excluding hydrogens is 489 g/mol. The van der Waals surface area contributed by atoms with Crippen LogP contribution >= 0.6 is 24.0 Å². The minimum Gasteiger partial charge on any atom is -0.375 e. The molecule has 164 valence electrons. The Balaban J connectivity index is 0.00000320. The molecule has 1 aromatic heterocycles. The summed E-state index contributed by atoms with van der Waals surface area (Å²) >= 11 is 0. The highest BCUT2D eigenvalue weighted by atomic mass is 127. The highest BCUT2D eigenvalue weighted by Crippen LogP contribution is 2.16. The normalized spacial score (nSPS) is 17.8. The monoisotopic (exact) mass is 523 g/mol. The Labute approximate surface area is 197 Å². The molecule has 1 aromatic carbocycles. The van der Waals surface area contributed by atoms with Gasteiger partial charge in [0.2, 0.25) is 0 Å². The van der Waals surface area contributed by atoms with Crippen LogP contribution in [0.1, 0.15) is 36.5 Å². The highest BCUT2D eigenvalue weighted by Gasteiger charge is 2.17. The van der Waals surface area contributed by atoms with Crippen molar-refractivity contribution in [2.75, 3.05) is 38.2 Å². The van der Waals surface area contributed by atoms with Crippen LogP contribution in [0.4, 0.5) is 5.82 Å². The van der Waals surface area contributed by atoms with E-state index < -0.39 is 0 Å². The van der Waals surface area contributed by atoms with Crippen molar-refractivity contribution in [1.82, 2.24) is 15.6 Å². The number of hydrogen-bond acceptors (Lipinski definition) is 4. The van der Waals surface area contributed by atoms with Gasteiger partial charge in [0.05, 0.1) is 12.7 Å². The molecule has 6 nitrogen and oxygen atoms in total. The molecule has 1 fully saturated rings. The van der Waals surface area contributed by atoms with Crippen molar-refractivity contribution in [2.24, 2.45) is 4.99 Å². The lowest BCUT2D eigenvalue weighted by Crippen LogP contribution is -2.41. The van der Waals surface area contributed by atoms with Crippen molar-refractivity contribution in [3.8, 4) is 0 Å². The Morgan fingerprint density at radius 1 is 1.30 bits per heavy atom. The quantitative estimate of drug-likeness (QED) is 0.344. The van der Waals surface area contributed by atoms with E-state index in [9.17, 15) is 0 Å². The molecule has 0 saturated carbocycles. The first-order chi connectivity index (χ1) is 14.0. The number of rotatable bonds is 6. The van der Waals surface area contributed by atoms with E-state index in [0.717, 1.165) is 43.6 Å². The molecule has 2 unspecified atom stereocenters. The zero-order valence-electron chi connectivity index (χ0n) is 18.4. The molecule has 0 aliphatic carbocycles. The Hall–Kier alpha value is -1.87. The standard InChI is InChI=1S/C23H33N5O.HI/c1-17-6-5-7-21(12-17)18(2)13-26-23(24-4)27-15-20-8-9-22(25-14-20)28-10-11-29-19(3)16-28;/h5-9,12,14,18-19H,10-11,13,15-16H2,1-4H3,(H2,24,26,27);1H. The van der Waals surface area contributed by atoms with Crippen molar-refractivity contribution in [3.05, 3.63) is 59.3 Å². The molecule has 30 heavy (non-hydrogen) atoms. The lowest BCUT2D eigenvalue weighted by molar-refractivity contribution is 0.0529. The fourth-order valence-electron chi connectivity index (χ4n) is 3.49. The van der Waals surface area contributed by atoms with Crippen LogP contribution < -0.4 is 15.5 Å². The fourth-order valence-corrected chi connectivity index (χ4v) is 3.49. The molecule has 2 atom stereocenters. The van der Waals surface area contributed by atoms with Crippen molar-refractivity contribution in [2.45, 2.75) is 39.3 Å². The topological polar surface area (TPSA) is 61.8 Å². The molecule has 1 aliphatic rings. The summed E-state index contributed by atoms with van der Waals surface area (Å²) < 4.78 is 5.60. The molecule has 2 aromatic rings. The van der Waals surface area contributed by atoms with Crippen molar-refractivity contribution >= 4 is 35.8 Å². The number of hydrogen-bond donors (Lipinski definition) is 2. The maximum absolute atomic E-state index is 5.60. The summed E-state index contributed by atoms with van der Waals surface area (Å²) in [6.07, 6.45) is 2.19. The van der Waals surface area contributed by atoms with E-state index >= 15 is 0 Å². The second-order valence-corrected chi connectivity index (χ2v) is 7.77. The van der Waals surface area contributed by atoms with Crippen LogP contribution in [0.5, 0.6) is 0 Å². The minimum atomic E-state index is 0. The van der Waals surface area contributed by atoms with E-state index in [1.807, 2.05) is 6.20 Å². The highest BCUT2D eigenvalue weighted by molar-refractivity contribution is 14.0. The van der Waals surface area contributed by atoms with Crippen molar-refractivity contribution < 1.29 is 4.74 Å². The van der Waals surface area contributed by atoms with Gasteiger partial charge in [0.25, 0.3) is 0 Å². The van der Waals surface area contributed by atoms with Crippen molar-refractivity contribution in [3.63, 3.8) is 0 Å². The molecule has 0 radical (unpaired) electrons. The summed E-state index contributed by atoms with van der Waals surface area (Å²) in [6.45, 7) is 10.5.